The molecule has 0 atom stereocenters. The molecule has 30 heavy (non-hydrogen) atoms. The highest BCUT2D eigenvalue weighted by Crippen LogP contribution is 2.36. The summed E-state index contributed by atoms with van der Waals surface area (Å²) >= 11 is 0. The summed E-state index contributed by atoms with van der Waals surface area (Å²) in [6.45, 7) is 13.2. The quantitative estimate of drug-likeness (QED) is 0.771. The van der Waals surface area contributed by atoms with Crippen molar-refractivity contribution in [1.82, 2.24) is 4.90 Å². The molecule has 1 N–H and O–H groups in total. The van der Waals surface area contributed by atoms with Gasteiger partial charge in [0.1, 0.15) is 0 Å². The first-order valence-electron chi connectivity index (χ1n) is 10.9. The first-order chi connectivity index (χ1) is 14.3. The molecule has 160 valence electrons. The number of benzene rings is 2. The van der Waals surface area contributed by atoms with Gasteiger partial charge in [0, 0.05) is 44.0 Å². The fourth-order valence-corrected chi connectivity index (χ4v) is 4.15. The number of piperazine rings is 1. The first-order valence-corrected chi connectivity index (χ1v) is 10.9. The Balaban J connectivity index is 1.43. The van der Waals surface area contributed by atoms with Crippen LogP contribution in [0, 0.1) is 0 Å². The van der Waals surface area contributed by atoms with E-state index in [9.17, 15) is 5.11 Å². The van der Waals surface area contributed by atoms with Crippen molar-refractivity contribution in [3.05, 3.63) is 59.7 Å². The summed E-state index contributed by atoms with van der Waals surface area (Å²) in [6.07, 6.45) is 0. The van der Waals surface area contributed by atoms with Gasteiger partial charge in [-0.05, 0) is 44.8 Å². The highest BCUT2D eigenvalue weighted by Gasteiger charge is 2.51. The second kappa shape index (κ2) is 8.35. The van der Waals surface area contributed by atoms with Crippen LogP contribution in [-0.2, 0) is 22.5 Å². The van der Waals surface area contributed by atoms with Gasteiger partial charge < -0.3 is 19.3 Å². The van der Waals surface area contributed by atoms with Gasteiger partial charge in [0.2, 0.25) is 0 Å². The number of aliphatic hydroxyl groups is 1. The van der Waals surface area contributed by atoms with Gasteiger partial charge >= 0.3 is 7.12 Å². The van der Waals surface area contributed by atoms with Gasteiger partial charge in [-0.3, -0.25) is 4.90 Å². The summed E-state index contributed by atoms with van der Waals surface area (Å²) in [5, 5.41) is 10.0. The Morgan fingerprint density at radius 1 is 0.900 bits per heavy atom. The Labute approximate surface area is 180 Å². The van der Waals surface area contributed by atoms with Gasteiger partial charge in [-0.2, -0.15) is 0 Å². The lowest BCUT2D eigenvalue weighted by Crippen LogP contribution is -2.46. The maximum absolute atomic E-state index is 10.0. The van der Waals surface area contributed by atoms with Crippen LogP contribution in [0.15, 0.2) is 48.5 Å². The minimum atomic E-state index is -0.405. The summed E-state index contributed by atoms with van der Waals surface area (Å²) in [6, 6.07) is 16.8. The van der Waals surface area contributed by atoms with E-state index < -0.39 is 7.12 Å². The second-order valence-corrected chi connectivity index (χ2v) is 9.38. The maximum atomic E-state index is 10.0. The fourth-order valence-electron chi connectivity index (χ4n) is 4.15. The predicted molar refractivity (Wildman–Crippen MR) is 122 cm³/mol. The Morgan fingerprint density at radius 3 is 2.13 bits per heavy atom. The molecule has 0 radical (unpaired) electrons. The van der Waals surface area contributed by atoms with Gasteiger partial charge in [-0.1, -0.05) is 42.5 Å². The summed E-state index contributed by atoms with van der Waals surface area (Å²) < 4.78 is 12.4. The SMILES string of the molecule is CC1(C)OB(c2ccc(N3CCN(Cc4ccccc4)CC3)c(CO)c2)OC1(C)C. The van der Waals surface area contributed by atoms with E-state index in [4.69, 9.17) is 9.31 Å². The molecule has 5 nitrogen and oxygen atoms in total. The Morgan fingerprint density at radius 2 is 1.53 bits per heavy atom. The van der Waals surface area contributed by atoms with Crippen molar-refractivity contribution in [3.63, 3.8) is 0 Å². The molecule has 2 saturated heterocycles. The monoisotopic (exact) mass is 408 g/mol. The van der Waals surface area contributed by atoms with Gasteiger partial charge in [0.15, 0.2) is 0 Å². The van der Waals surface area contributed by atoms with E-state index in [1.54, 1.807) is 0 Å². The van der Waals surface area contributed by atoms with Crippen LogP contribution in [0.3, 0.4) is 0 Å². The van der Waals surface area contributed by atoms with Gasteiger partial charge in [0.25, 0.3) is 0 Å². The standard InChI is InChI=1S/C24H33BN2O3/c1-23(2)24(3,4)30-25(29-23)21-10-11-22(20(16-21)18-28)27-14-12-26(13-15-27)17-19-8-6-5-7-9-19/h5-11,16,28H,12-15,17-18H2,1-4H3. The lowest BCUT2D eigenvalue weighted by Gasteiger charge is -2.37. The van der Waals surface area contributed by atoms with Crippen molar-refractivity contribution in [1.29, 1.82) is 0 Å². The van der Waals surface area contributed by atoms with Crippen molar-refractivity contribution in [2.75, 3.05) is 31.1 Å². The number of aliphatic hydroxyl groups excluding tert-OH is 1. The van der Waals surface area contributed by atoms with Crippen molar-refractivity contribution in [2.24, 2.45) is 0 Å². The number of hydrogen-bond donors (Lipinski definition) is 1. The van der Waals surface area contributed by atoms with Gasteiger partial charge in [0.05, 0.1) is 17.8 Å². The summed E-state index contributed by atoms with van der Waals surface area (Å²) in [4.78, 5) is 4.87. The van der Waals surface area contributed by atoms with Crippen LogP contribution in [-0.4, -0.2) is 54.5 Å². The molecule has 2 aliphatic heterocycles. The molecule has 2 aliphatic rings. The van der Waals surface area contributed by atoms with Crippen molar-refractivity contribution < 1.29 is 14.4 Å². The average Bonchev–Trinajstić information content (AvgIpc) is 2.96. The van der Waals surface area contributed by atoms with Crippen molar-refractivity contribution >= 4 is 18.3 Å². The predicted octanol–water partition coefficient (Wildman–Crippen LogP) is 2.80. The lowest BCUT2D eigenvalue weighted by atomic mass is 9.78. The third-order valence-electron chi connectivity index (χ3n) is 6.76. The molecule has 0 aromatic heterocycles. The first kappa shape index (κ1) is 21.4. The van der Waals surface area contributed by atoms with Crippen LogP contribution < -0.4 is 10.4 Å². The normalized spacial score (nSPS) is 21.2. The van der Waals surface area contributed by atoms with Crippen molar-refractivity contribution in [3.8, 4) is 0 Å². The van der Waals surface area contributed by atoms with Gasteiger partial charge in [-0.15, -0.1) is 0 Å². The minimum Gasteiger partial charge on any atom is -0.399 e. The summed E-state index contributed by atoms with van der Waals surface area (Å²) in [7, 11) is -0.405. The zero-order valence-corrected chi connectivity index (χ0v) is 18.6. The molecule has 0 amide bonds. The molecule has 0 unspecified atom stereocenters. The molecule has 0 spiro atoms. The average molecular weight is 408 g/mol. The summed E-state index contributed by atoms with van der Waals surface area (Å²) in [5.41, 5.74) is 3.61. The molecule has 4 rings (SSSR count). The molecule has 0 bridgehead atoms. The molecule has 0 saturated carbocycles. The fraction of sp³-hybridized carbons (Fsp3) is 0.500. The Hall–Kier alpha value is -1.86. The Kier molecular flexibility index (Phi) is 5.95. The van der Waals surface area contributed by atoms with E-state index in [2.05, 4.69) is 80.0 Å². The number of hydrogen-bond acceptors (Lipinski definition) is 5. The molecule has 2 aromatic carbocycles. The van der Waals surface area contributed by atoms with E-state index in [0.29, 0.717) is 0 Å². The van der Waals surface area contributed by atoms with Crippen LogP contribution in [0.4, 0.5) is 5.69 Å². The molecule has 2 aromatic rings. The maximum Gasteiger partial charge on any atom is 0.494 e. The van der Waals surface area contributed by atoms with Crippen molar-refractivity contribution in [2.45, 2.75) is 52.0 Å². The zero-order chi connectivity index (χ0) is 21.4. The van der Waals surface area contributed by atoms with E-state index in [1.165, 1.54) is 5.56 Å². The number of rotatable bonds is 5. The molecule has 2 heterocycles. The second-order valence-electron chi connectivity index (χ2n) is 9.38. The third kappa shape index (κ3) is 4.28. The van der Waals surface area contributed by atoms with Crippen LogP contribution >= 0.6 is 0 Å². The van der Waals surface area contributed by atoms with E-state index in [1.807, 2.05) is 6.07 Å². The van der Waals surface area contributed by atoms with Crippen LogP contribution in [0.25, 0.3) is 0 Å². The Bertz CT molecular complexity index is 848. The third-order valence-corrected chi connectivity index (χ3v) is 6.76. The molecule has 0 aliphatic carbocycles. The molecular formula is C24H33BN2O3. The van der Waals surface area contributed by atoms with E-state index in [0.717, 1.165) is 49.4 Å². The van der Waals surface area contributed by atoms with E-state index >= 15 is 0 Å². The van der Waals surface area contributed by atoms with Crippen LogP contribution in [0.5, 0.6) is 0 Å². The largest absolute Gasteiger partial charge is 0.494 e. The highest BCUT2D eigenvalue weighted by atomic mass is 16.7. The van der Waals surface area contributed by atoms with Crippen LogP contribution in [0.1, 0.15) is 38.8 Å². The molecular weight excluding hydrogens is 375 g/mol. The molecule has 2 fully saturated rings. The molecule has 6 heteroatoms. The minimum absolute atomic E-state index is 0.00685. The topological polar surface area (TPSA) is 45.2 Å². The van der Waals surface area contributed by atoms with Gasteiger partial charge in [-0.25, -0.2) is 0 Å². The number of anilines is 1. The highest BCUT2D eigenvalue weighted by molar-refractivity contribution is 6.62. The summed E-state index contributed by atoms with van der Waals surface area (Å²) in [5.74, 6) is 0. The van der Waals surface area contributed by atoms with E-state index in [-0.39, 0.29) is 17.8 Å². The zero-order valence-electron chi connectivity index (χ0n) is 18.6. The lowest BCUT2D eigenvalue weighted by molar-refractivity contribution is 0.00578. The number of nitrogens with zero attached hydrogens (tertiary/aromatic N) is 2. The smallest absolute Gasteiger partial charge is 0.399 e. The van der Waals surface area contributed by atoms with Crippen LogP contribution in [0.2, 0.25) is 0 Å².